The molecule has 0 atom stereocenters. The summed E-state index contributed by atoms with van der Waals surface area (Å²) in [6.45, 7) is 2.00. The van der Waals surface area contributed by atoms with Gasteiger partial charge in [-0.2, -0.15) is 0 Å². The van der Waals surface area contributed by atoms with Gasteiger partial charge in [-0.05, 0) is 12.1 Å². The zero-order valence-corrected chi connectivity index (χ0v) is 9.73. The summed E-state index contributed by atoms with van der Waals surface area (Å²) < 4.78 is 5.36. The Kier molecular flexibility index (Phi) is 2.57. The Hall–Kier alpha value is -1.81. The molecule has 4 nitrogen and oxygen atoms in total. The summed E-state index contributed by atoms with van der Waals surface area (Å²) >= 11 is 0. The highest BCUT2D eigenvalue weighted by Gasteiger charge is 2.17. The summed E-state index contributed by atoms with van der Waals surface area (Å²) in [5.41, 5.74) is 0. The zero-order valence-electron chi connectivity index (χ0n) is 9.73. The molecule has 2 heterocycles. The molecule has 1 aromatic heterocycles. The first-order valence-electron chi connectivity index (χ1n) is 5.77. The average molecular weight is 229 g/mol. The van der Waals surface area contributed by atoms with Crippen molar-refractivity contribution < 1.29 is 4.74 Å². The molecule has 1 aliphatic rings. The van der Waals surface area contributed by atoms with E-state index in [4.69, 9.17) is 4.74 Å². The average Bonchev–Trinajstić information content (AvgIpc) is 2.33. The number of benzene rings is 1. The van der Waals surface area contributed by atoms with Crippen LogP contribution in [0.1, 0.15) is 0 Å². The van der Waals surface area contributed by atoms with Gasteiger partial charge in [-0.3, -0.25) is 0 Å². The molecule has 17 heavy (non-hydrogen) atoms. The number of aromatic nitrogens is 1. The van der Waals surface area contributed by atoms with Crippen LogP contribution in [0.3, 0.4) is 0 Å². The highest BCUT2D eigenvalue weighted by molar-refractivity contribution is 5.95. The van der Waals surface area contributed by atoms with E-state index in [0.29, 0.717) is 6.04 Å². The van der Waals surface area contributed by atoms with E-state index in [-0.39, 0.29) is 0 Å². The maximum absolute atomic E-state index is 5.36. The second kappa shape index (κ2) is 4.22. The van der Waals surface area contributed by atoms with Crippen LogP contribution in [0.4, 0.5) is 5.82 Å². The normalized spacial score (nSPS) is 15.6. The molecule has 0 spiro atoms. The van der Waals surface area contributed by atoms with Crippen molar-refractivity contribution in [3.05, 3.63) is 30.5 Å². The standard InChI is InChI=1S/C13H15N3O/c1-17-12-4-2-3-11-10(12)5-6-15-13(11)16-9-7-14-8-9/h2-6,9,14H,7-8H2,1H3,(H,15,16). The van der Waals surface area contributed by atoms with Gasteiger partial charge < -0.3 is 15.4 Å². The van der Waals surface area contributed by atoms with Crippen LogP contribution in [0.25, 0.3) is 10.8 Å². The van der Waals surface area contributed by atoms with Crippen LogP contribution in [0.2, 0.25) is 0 Å². The molecule has 0 bridgehead atoms. The van der Waals surface area contributed by atoms with Crippen molar-refractivity contribution in [2.24, 2.45) is 0 Å². The summed E-state index contributed by atoms with van der Waals surface area (Å²) in [7, 11) is 1.69. The first-order chi connectivity index (χ1) is 8.38. The molecule has 88 valence electrons. The van der Waals surface area contributed by atoms with E-state index in [1.165, 1.54) is 0 Å². The van der Waals surface area contributed by atoms with Crippen molar-refractivity contribution in [1.82, 2.24) is 10.3 Å². The van der Waals surface area contributed by atoms with Crippen LogP contribution >= 0.6 is 0 Å². The monoisotopic (exact) mass is 229 g/mol. The van der Waals surface area contributed by atoms with E-state index >= 15 is 0 Å². The summed E-state index contributed by atoms with van der Waals surface area (Å²) in [5, 5.41) is 8.89. The van der Waals surface area contributed by atoms with E-state index in [0.717, 1.165) is 35.4 Å². The van der Waals surface area contributed by atoms with Crippen molar-refractivity contribution in [1.29, 1.82) is 0 Å². The molecule has 2 aromatic rings. The number of hydrogen-bond acceptors (Lipinski definition) is 4. The molecule has 0 saturated carbocycles. The summed E-state index contributed by atoms with van der Waals surface area (Å²) in [6, 6.07) is 8.50. The lowest BCUT2D eigenvalue weighted by molar-refractivity contribution is 0.420. The van der Waals surface area contributed by atoms with Crippen LogP contribution in [-0.2, 0) is 0 Å². The Balaban J connectivity index is 2.05. The fourth-order valence-electron chi connectivity index (χ4n) is 2.06. The van der Waals surface area contributed by atoms with E-state index in [2.05, 4.69) is 21.7 Å². The predicted molar refractivity (Wildman–Crippen MR) is 68.6 cm³/mol. The molecule has 1 fully saturated rings. The van der Waals surface area contributed by atoms with Crippen molar-refractivity contribution in [2.45, 2.75) is 6.04 Å². The molecule has 2 N–H and O–H groups in total. The fourth-order valence-corrected chi connectivity index (χ4v) is 2.06. The minimum atomic E-state index is 0.485. The number of methoxy groups -OCH3 is 1. The number of ether oxygens (including phenoxy) is 1. The lowest BCUT2D eigenvalue weighted by Crippen LogP contribution is -2.51. The Bertz CT molecular complexity index is 537. The largest absolute Gasteiger partial charge is 0.496 e. The number of pyridine rings is 1. The lowest BCUT2D eigenvalue weighted by atomic mass is 10.1. The Morgan fingerprint density at radius 1 is 1.29 bits per heavy atom. The highest BCUT2D eigenvalue weighted by Crippen LogP contribution is 2.29. The second-order valence-electron chi connectivity index (χ2n) is 4.21. The molecule has 3 rings (SSSR count). The molecule has 1 saturated heterocycles. The topological polar surface area (TPSA) is 46.2 Å². The van der Waals surface area contributed by atoms with Gasteiger partial charge in [-0.15, -0.1) is 0 Å². The van der Waals surface area contributed by atoms with Crippen LogP contribution in [0, 0.1) is 0 Å². The second-order valence-corrected chi connectivity index (χ2v) is 4.21. The number of hydrogen-bond donors (Lipinski definition) is 2. The number of fused-ring (bicyclic) bond motifs is 1. The molecule has 0 amide bonds. The minimum Gasteiger partial charge on any atom is -0.496 e. The van der Waals surface area contributed by atoms with Crippen molar-refractivity contribution in [3.8, 4) is 5.75 Å². The summed E-state index contributed by atoms with van der Waals surface area (Å²) in [6.07, 6.45) is 1.82. The van der Waals surface area contributed by atoms with Gasteiger partial charge in [0, 0.05) is 30.1 Å². The van der Waals surface area contributed by atoms with Gasteiger partial charge in [-0.25, -0.2) is 4.98 Å². The van der Waals surface area contributed by atoms with Gasteiger partial charge in [0.2, 0.25) is 0 Å². The number of anilines is 1. The van der Waals surface area contributed by atoms with Gasteiger partial charge >= 0.3 is 0 Å². The van der Waals surface area contributed by atoms with Gasteiger partial charge in [0.1, 0.15) is 11.6 Å². The number of nitrogens with zero attached hydrogens (tertiary/aromatic N) is 1. The van der Waals surface area contributed by atoms with Crippen LogP contribution < -0.4 is 15.4 Å². The van der Waals surface area contributed by atoms with Gasteiger partial charge in [0.05, 0.1) is 13.2 Å². The van der Waals surface area contributed by atoms with E-state index < -0.39 is 0 Å². The van der Waals surface area contributed by atoms with Gasteiger partial charge in [-0.1, -0.05) is 12.1 Å². The lowest BCUT2D eigenvalue weighted by Gasteiger charge is -2.28. The third kappa shape index (κ3) is 1.80. The quantitative estimate of drug-likeness (QED) is 0.839. The summed E-state index contributed by atoms with van der Waals surface area (Å²) in [5.74, 6) is 1.83. The third-order valence-corrected chi connectivity index (χ3v) is 3.11. The van der Waals surface area contributed by atoms with E-state index in [9.17, 15) is 0 Å². The molecule has 1 aliphatic heterocycles. The Morgan fingerprint density at radius 2 is 2.18 bits per heavy atom. The van der Waals surface area contributed by atoms with Gasteiger partial charge in [0.15, 0.2) is 0 Å². The first kappa shape index (κ1) is 10.4. The van der Waals surface area contributed by atoms with Crippen molar-refractivity contribution in [3.63, 3.8) is 0 Å². The molecule has 0 unspecified atom stereocenters. The third-order valence-electron chi connectivity index (χ3n) is 3.11. The van der Waals surface area contributed by atoms with Crippen LogP contribution in [0.15, 0.2) is 30.5 Å². The maximum atomic E-state index is 5.36. The highest BCUT2D eigenvalue weighted by atomic mass is 16.5. The maximum Gasteiger partial charge on any atom is 0.134 e. The first-order valence-corrected chi connectivity index (χ1v) is 5.77. The van der Waals surface area contributed by atoms with Crippen molar-refractivity contribution >= 4 is 16.6 Å². The van der Waals surface area contributed by atoms with E-state index in [1.54, 1.807) is 7.11 Å². The number of nitrogens with one attached hydrogen (secondary N) is 2. The molecule has 1 aromatic carbocycles. The predicted octanol–water partition coefficient (Wildman–Crippen LogP) is 1.63. The Morgan fingerprint density at radius 3 is 2.88 bits per heavy atom. The van der Waals surface area contributed by atoms with Crippen LogP contribution in [0.5, 0.6) is 5.75 Å². The van der Waals surface area contributed by atoms with Gasteiger partial charge in [0.25, 0.3) is 0 Å². The smallest absolute Gasteiger partial charge is 0.134 e. The minimum absolute atomic E-state index is 0.485. The van der Waals surface area contributed by atoms with Crippen LogP contribution in [-0.4, -0.2) is 31.2 Å². The Labute approximate surface area is 100.0 Å². The van der Waals surface area contributed by atoms with E-state index in [1.807, 2.05) is 24.4 Å². The molecule has 4 heteroatoms. The molecular formula is C13H15N3O. The number of rotatable bonds is 3. The molecular weight excluding hydrogens is 214 g/mol. The SMILES string of the molecule is COc1cccc2c(NC3CNC3)nccc12. The van der Waals surface area contributed by atoms with Crippen molar-refractivity contribution in [2.75, 3.05) is 25.5 Å². The molecule has 0 aliphatic carbocycles. The summed E-state index contributed by atoms with van der Waals surface area (Å²) in [4.78, 5) is 4.41. The zero-order chi connectivity index (χ0) is 11.7. The fraction of sp³-hybridized carbons (Fsp3) is 0.308. The molecule has 0 radical (unpaired) electrons.